The van der Waals surface area contributed by atoms with Gasteiger partial charge in [0.2, 0.25) is 5.91 Å². The molecule has 2 N–H and O–H groups in total. The van der Waals surface area contributed by atoms with Gasteiger partial charge in [-0.25, -0.2) is 0 Å². The van der Waals surface area contributed by atoms with Crippen LogP contribution < -0.4 is 10.6 Å². The minimum atomic E-state index is 0.0268. The smallest absolute Gasteiger partial charge is 0.224 e. The predicted molar refractivity (Wildman–Crippen MR) is 89.7 cm³/mol. The molecule has 0 bridgehead atoms. The number of amides is 1. The van der Waals surface area contributed by atoms with Crippen molar-refractivity contribution in [3.63, 3.8) is 0 Å². The second-order valence-corrected chi connectivity index (χ2v) is 5.47. The first-order valence-electron chi connectivity index (χ1n) is 6.70. The molecular weight excluding hydrogens is 307 g/mol. The summed E-state index contributed by atoms with van der Waals surface area (Å²) in [6.45, 7) is 1.97. The van der Waals surface area contributed by atoms with Crippen molar-refractivity contribution in [1.82, 2.24) is 0 Å². The maximum absolute atomic E-state index is 11.5. The number of halogens is 2. The van der Waals surface area contributed by atoms with Gasteiger partial charge in [0, 0.05) is 22.8 Å². The number of rotatable bonds is 5. The highest BCUT2D eigenvalue weighted by atomic mass is 35.5. The summed E-state index contributed by atoms with van der Waals surface area (Å²) in [5.74, 6) is 0.0268. The molecule has 1 amide bonds. The van der Waals surface area contributed by atoms with E-state index < -0.39 is 0 Å². The largest absolute Gasteiger partial charge is 0.354 e. The van der Waals surface area contributed by atoms with Crippen LogP contribution in [0.5, 0.6) is 0 Å². The van der Waals surface area contributed by atoms with Crippen LogP contribution in [0.3, 0.4) is 0 Å². The van der Waals surface area contributed by atoms with Gasteiger partial charge in [0.1, 0.15) is 0 Å². The van der Waals surface area contributed by atoms with Gasteiger partial charge < -0.3 is 10.6 Å². The van der Waals surface area contributed by atoms with Crippen molar-refractivity contribution in [1.29, 1.82) is 0 Å². The van der Waals surface area contributed by atoms with E-state index in [4.69, 9.17) is 23.2 Å². The van der Waals surface area contributed by atoms with E-state index in [0.717, 1.165) is 23.5 Å². The number of hydrogen-bond donors (Lipinski definition) is 2. The summed E-state index contributed by atoms with van der Waals surface area (Å²) in [4.78, 5) is 11.5. The molecule has 5 heteroatoms. The highest BCUT2D eigenvalue weighted by molar-refractivity contribution is 6.36. The Morgan fingerprint density at radius 2 is 1.71 bits per heavy atom. The Hall–Kier alpha value is -1.71. The molecule has 2 aromatic rings. The van der Waals surface area contributed by atoms with Crippen molar-refractivity contribution in [2.24, 2.45) is 0 Å². The van der Waals surface area contributed by atoms with Crippen LogP contribution in [0.2, 0.25) is 10.0 Å². The molecule has 0 aromatic heterocycles. The molecule has 2 rings (SSSR count). The molecule has 0 fully saturated rings. The molecule has 0 radical (unpaired) electrons. The Kier molecular flexibility index (Phi) is 5.48. The first-order chi connectivity index (χ1) is 10.1. The average molecular weight is 323 g/mol. The Bertz CT molecular complexity index is 627. The predicted octanol–water partition coefficient (Wildman–Crippen LogP) is 5.48. The van der Waals surface area contributed by atoms with Crippen LogP contribution in [-0.2, 0) is 4.79 Å². The van der Waals surface area contributed by atoms with Crippen molar-refractivity contribution >= 4 is 46.2 Å². The quantitative estimate of drug-likeness (QED) is 0.765. The monoisotopic (exact) mass is 322 g/mol. The Labute approximate surface area is 134 Å². The van der Waals surface area contributed by atoms with E-state index in [2.05, 4.69) is 10.6 Å². The Morgan fingerprint density at radius 1 is 1.05 bits per heavy atom. The number of benzene rings is 2. The lowest BCUT2D eigenvalue weighted by molar-refractivity contribution is -0.116. The molecule has 3 nitrogen and oxygen atoms in total. The SMILES string of the molecule is CCCC(=O)Nc1ccc(Nc2ccc(Cl)cc2Cl)cc1. The van der Waals surface area contributed by atoms with Crippen molar-refractivity contribution in [3.8, 4) is 0 Å². The number of hydrogen-bond acceptors (Lipinski definition) is 2. The molecule has 0 aliphatic rings. The molecule has 0 heterocycles. The van der Waals surface area contributed by atoms with Crippen LogP contribution in [0, 0.1) is 0 Å². The topological polar surface area (TPSA) is 41.1 Å². The summed E-state index contributed by atoms with van der Waals surface area (Å²) in [6.07, 6.45) is 1.36. The molecular formula is C16H16Cl2N2O. The molecule has 0 aliphatic heterocycles. The van der Waals surface area contributed by atoms with Crippen LogP contribution >= 0.6 is 23.2 Å². The third-order valence-corrected chi connectivity index (χ3v) is 3.40. The molecule has 21 heavy (non-hydrogen) atoms. The lowest BCUT2D eigenvalue weighted by atomic mass is 10.2. The lowest BCUT2D eigenvalue weighted by Gasteiger charge is -2.10. The minimum absolute atomic E-state index is 0.0268. The van der Waals surface area contributed by atoms with Gasteiger partial charge in [-0.3, -0.25) is 4.79 Å². The van der Waals surface area contributed by atoms with Crippen LogP contribution in [0.15, 0.2) is 42.5 Å². The second kappa shape index (κ2) is 7.34. The van der Waals surface area contributed by atoms with Crippen LogP contribution in [-0.4, -0.2) is 5.91 Å². The van der Waals surface area contributed by atoms with Gasteiger partial charge >= 0.3 is 0 Å². The maximum atomic E-state index is 11.5. The zero-order valence-electron chi connectivity index (χ0n) is 11.6. The Morgan fingerprint density at radius 3 is 2.33 bits per heavy atom. The maximum Gasteiger partial charge on any atom is 0.224 e. The minimum Gasteiger partial charge on any atom is -0.354 e. The van der Waals surface area contributed by atoms with E-state index in [-0.39, 0.29) is 5.91 Å². The number of carbonyl (C=O) groups excluding carboxylic acids is 1. The van der Waals surface area contributed by atoms with Gasteiger partial charge in [-0.1, -0.05) is 30.1 Å². The van der Waals surface area contributed by atoms with Gasteiger partial charge in [-0.2, -0.15) is 0 Å². The summed E-state index contributed by atoms with van der Waals surface area (Å²) in [6, 6.07) is 12.7. The van der Waals surface area contributed by atoms with Crippen LogP contribution in [0.25, 0.3) is 0 Å². The van der Waals surface area contributed by atoms with E-state index in [1.165, 1.54) is 0 Å². The zero-order valence-corrected chi connectivity index (χ0v) is 13.1. The lowest BCUT2D eigenvalue weighted by Crippen LogP contribution is -2.10. The summed E-state index contributed by atoms with van der Waals surface area (Å²) in [5.41, 5.74) is 2.44. The third-order valence-electron chi connectivity index (χ3n) is 2.86. The van der Waals surface area contributed by atoms with E-state index in [1.54, 1.807) is 12.1 Å². The summed E-state index contributed by atoms with van der Waals surface area (Å²) in [5, 5.41) is 7.20. The fourth-order valence-corrected chi connectivity index (χ4v) is 2.29. The van der Waals surface area contributed by atoms with E-state index in [9.17, 15) is 4.79 Å². The average Bonchev–Trinajstić information content (AvgIpc) is 2.44. The number of carbonyl (C=O) groups is 1. The van der Waals surface area contributed by atoms with Gasteiger partial charge in [0.15, 0.2) is 0 Å². The standard InChI is InChI=1S/C16H16Cl2N2O/c1-2-3-16(21)20-13-7-5-12(6-8-13)19-15-9-4-11(17)10-14(15)18/h4-10,19H,2-3H2,1H3,(H,20,21). The van der Waals surface area contributed by atoms with Crippen LogP contribution in [0.1, 0.15) is 19.8 Å². The molecule has 0 spiro atoms. The second-order valence-electron chi connectivity index (χ2n) is 4.62. The van der Waals surface area contributed by atoms with Gasteiger partial charge in [-0.15, -0.1) is 0 Å². The highest BCUT2D eigenvalue weighted by Crippen LogP contribution is 2.28. The zero-order chi connectivity index (χ0) is 15.2. The molecule has 0 atom stereocenters. The van der Waals surface area contributed by atoms with Gasteiger partial charge in [0.05, 0.1) is 10.7 Å². The molecule has 0 aliphatic carbocycles. The van der Waals surface area contributed by atoms with Crippen molar-refractivity contribution < 1.29 is 4.79 Å². The Balaban J connectivity index is 2.03. The summed E-state index contributed by atoms with van der Waals surface area (Å²) in [7, 11) is 0. The molecule has 0 saturated carbocycles. The highest BCUT2D eigenvalue weighted by Gasteiger charge is 2.03. The third kappa shape index (κ3) is 4.66. The van der Waals surface area contributed by atoms with E-state index in [0.29, 0.717) is 16.5 Å². The van der Waals surface area contributed by atoms with Crippen molar-refractivity contribution in [3.05, 3.63) is 52.5 Å². The fourth-order valence-electron chi connectivity index (χ4n) is 1.83. The molecule has 110 valence electrons. The summed E-state index contributed by atoms with van der Waals surface area (Å²) >= 11 is 12.0. The molecule has 0 unspecified atom stereocenters. The summed E-state index contributed by atoms with van der Waals surface area (Å²) < 4.78 is 0. The van der Waals surface area contributed by atoms with Gasteiger partial charge in [-0.05, 0) is 48.9 Å². The number of anilines is 3. The van der Waals surface area contributed by atoms with Crippen molar-refractivity contribution in [2.45, 2.75) is 19.8 Å². The molecule has 0 saturated heterocycles. The first kappa shape index (κ1) is 15.7. The normalized spacial score (nSPS) is 10.2. The molecule has 2 aromatic carbocycles. The van der Waals surface area contributed by atoms with Gasteiger partial charge in [0.25, 0.3) is 0 Å². The van der Waals surface area contributed by atoms with E-state index in [1.807, 2.05) is 37.3 Å². The first-order valence-corrected chi connectivity index (χ1v) is 7.46. The fraction of sp³-hybridized carbons (Fsp3) is 0.188. The number of nitrogens with one attached hydrogen (secondary N) is 2. The van der Waals surface area contributed by atoms with Crippen LogP contribution in [0.4, 0.5) is 17.1 Å². The van der Waals surface area contributed by atoms with E-state index >= 15 is 0 Å². The van der Waals surface area contributed by atoms with Crippen molar-refractivity contribution in [2.75, 3.05) is 10.6 Å².